The van der Waals surface area contributed by atoms with Crippen molar-refractivity contribution in [2.24, 2.45) is 0 Å². The molecule has 3 aromatic carbocycles. The van der Waals surface area contributed by atoms with Gasteiger partial charge in [0.1, 0.15) is 35.6 Å². The molecule has 224 valence electrons. The molecule has 0 amide bonds. The second-order valence-electron chi connectivity index (χ2n) is 9.59. The Morgan fingerprint density at radius 3 is 2.39 bits per heavy atom. The van der Waals surface area contributed by atoms with E-state index in [9.17, 15) is 23.1 Å². The Kier molecular flexibility index (Phi) is 8.54. The monoisotopic (exact) mass is 608 g/mol. The second kappa shape index (κ2) is 12.5. The van der Waals surface area contributed by atoms with Gasteiger partial charge in [0.15, 0.2) is 11.6 Å². The summed E-state index contributed by atoms with van der Waals surface area (Å²) in [7, 11) is 1.47. The summed E-state index contributed by atoms with van der Waals surface area (Å²) in [6, 6.07) is 11.5. The molecule has 44 heavy (non-hydrogen) atoms. The van der Waals surface area contributed by atoms with Crippen LogP contribution in [0.5, 0.6) is 5.88 Å². The van der Waals surface area contributed by atoms with Gasteiger partial charge in [-0.05, 0) is 48.0 Å². The van der Waals surface area contributed by atoms with Gasteiger partial charge in [0.2, 0.25) is 0 Å². The van der Waals surface area contributed by atoms with Crippen molar-refractivity contribution >= 4 is 17.0 Å². The molecule has 0 spiro atoms. The highest BCUT2D eigenvalue weighted by molar-refractivity contribution is 5.92. The molecular weight excluding hydrogens is 587 g/mol. The van der Waals surface area contributed by atoms with E-state index in [1.165, 1.54) is 37.4 Å². The zero-order valence-corrected chi connectivity index (χ0v) is 22.9. The van der Waals surface area contributed by atoms with Crippen LogP contribution in [0.1, 0.15) is 32.9 Å². The van der Waals surface area contributed by atoms with Crippen LogP contribution < -0.4 is 4.74 Å². The smallest absolute Gasteiger partial charge is 0.335 e. The van der Waals surface area contributed by atoms with Crippen molar-refractivity contribution in [3.05, 3.63) is 112 Å². The highest BCUT2D eigenvalue weighted by Crippen LogP contribution is 2.31. The highest BCUT2D eigenvalue weighted by Gasteiger charge is 2.22. The Morgan fingerprint density at radius 1 is 0.909 bits per heavy atom. The number of nitriles is 1. The number of ether oxygens (including phenoxy) is 2. The minimum atomic E-state index is -1.29. The second-order valence-corrected chi connectivity index (χ2v) is 9.59. The lowest BCUT2D eigenvalue weighted by Gasteiger charge is -2.13. The Morgan fingerprint density at radius 2 is 1.68 bits per heavy atom. The topological polar surface area (TPSA) is 110 Å². The van der Waals surface area contributed by atoms with Gasteiger partial charge in [0, 0.05) is 37.3 Å². The van der Waals surface area contributed by atoms with Crippen LogP contribution in [0.25, 0.3) is 22.3 Å². The minimum absolute atomic E-state index is 0.0170. The number of aromatic nitrogens is 3. The lowest BCUT2D eigenvalue weighted by molar-refractivity contribution is 0.0697. The number of hydrogen-bond acceptors (Lipinski definition) is 6. The number of benzene rings is 3. The van der Waals surface area contributed by atoms with E-state index in [1.54, 1.807) is 10.6 Å². The molecule has 13 heteroatoms. The average molecular weight is 609 g/mol. The van der Waals surface area contributed by atoms with Crippen LogP contribution in [-0.2, 0) is 24.3 Å². The van der Waals surface area contributed by atoms with Crippen LogP contribution in [0.3, 0.4) is 0 Å². The van der Waals surface area contributed by atoms with Gasteiger partial charge in [-0.2, -0.15) is 5.26 Å². The van der Waals surface area contributed by atoms with Gasteiger partial charge in [0.05, 0.1) is 34.8 Å². The maximum absolute atomic E-state index is 15.4. The van der Waals surface area contributed by atoms with Crippen molar-refractivity contribution in [3.63, 3.8) is 0 Å². The molecule has 5 aromatic rings. The van der Waals surface area contributed by atoms with E-state index in [2.05, 4.69) is 9.97 Å². The number of halogens is 5. The largest absolute Gasteiger partial charge is 0.478 e. The first-order valence-electron chi connectivity index (χ1n) is 13.0. The number of carboxylic acid groups (broad SMARTS) is 1. The molecule has 0 saturated carbocycles. The highest BCUT2D eigenvalue weighted by atomic mass is 19.1. The summed E-state index contributed by atoms with van der Waals surface area (Å²) < 4.78 is 86.1. The van der Waals surface area contributed by atoms with Gasteiger partial charge in [-0.25, -0.2) is 36.7 Å². The molecule has 8 nitrogen and oxygen atoms in total. The third-order valence-electron chi connectivity index (χ3n) is 6.78. The van der Waals surface area contributed by atoms with Gasteiger partial charge in [-0.15, -0.1) is 0 Å². The number of methoxy groups -OCH3 is 1. The van der Waals surface area contributed by atoms with Crippen LogP contribution in [0, 0.1) is 40.4 Å². The molecule has 0 aliphatic rings. The normalized spacial score (nSPS) is 11.1. The van der Waals surface area contributed by atoms with Crippen molar-refractivity contribution in [2.45, 2.75) is 19.6 Å². The molecule has 0 radical (unpaired) electrons. The third kappa shape index (κ3) is 6.06. The third-order valence-corrected chi connectivity index (χ3v) is 6.78. The van der Waals surface area contributed by atoms with E-state index < -0.39 is 58.8 Å². The maximum atomic E-state index is 15.4. The molecular formula is C31H21F5N4O4. The van der Waals surface area contributed by atoms with E-state index in [-0.39, 0.29) is 41.8 Å². The van der Waals surface area contributed by atoms with Gasteiger partial charge in [0.25, 0.3) is 5.88 Å². The first-order valence-corrected chi connectivity index (χ1v) is 13.0. The maximum Gasteiger partial charge on any atom is 0.335 e. The first-order chi connectivity index (χ1) is 21.1. The fourth-order valence-corrected chi connectivity index (χ4v) is 4.57. The molecule has 5 rings (SSSR count). The molecule has 0 unspecified atom stereocenters. The van der Waals surface area contributed by atoms with Crippen LogP contribution in [-0.4, -0.2) is 39.3 Å². The van der Waals surface area contributed by atoms with E-state index in [0.29, 0.717) is 29.0 Å². The van der Waals surface area contributed by atoms with Crippen molar-refractivity contribution in [1.29, 1.82) is 5.26 Å². The van der Waals surface area contributed by atoms with Gasteiger partial charge in [-0.1, -0.05) is 6.07 Å². The zero-order chi connectivity index (χ0) is 31.5. The van der Waals surface area contributed by atoms with E-state index in [4.69, 9.17) is 14.7 Å². The molecule has 1 N–H and O–H groups in total. The Bertz CT molecular complexity index is 1950. The van der Waals surface area contributed by atoms with Crippen molar-refractivity contribution < 1.29 is 41.3 Å². The number of carboxylic acids is 1. The number of carbonyl (C=O) groups is 1. The number of hydrogen-bond donors (Lipinski definition) is 1. The standard InChI is InChI=1S/C31H21F5N4O4/c1-43-7-6-40-27-10-17(31(41)42)4-5-26(27)38-28(40)11-19-9-23(34)20(12-22(19)33)29-24(35)13-25(36)30(39-29)44-15-18-3-2-16(14-37)8-21(18)32/h2-5,8-10,12-13H,6-7,11,15H2,1H3,(H,41,42). The predicted octanol–water partition coefficient (Wildman–Crippen LogP) is 6.18. The number of pyridine rings is 1. The average Bonchev–Trinajstić information content (AvgIpc) is 3.33. The first kappa shape index (κ1) is 30.1. The molecule has 2 aromatic heterocycles. The summed E-state index contributed by atoms with van der Waals surface area (Å²) in [6.07, 6.45) is -0.215. The van der Waals surface area contributed by atoms with Crippen molar-refractivity contribution in [3.8, 4) is 23.2 Å². The molecule has 0 saturated heterocycles. The van der Waals surface area contributed by atoms with Crippen LogP contribution in [0.15, 0.2) is 54.6 Å². The quantitative estimate of drug-likeness (QED) is 0.189. The SMILES string of the molecule is COCCn1c(Cc2cc(F)c(-c3nc(OCc4ccc(C#N)cc4F)c(F)cc3F)cc2F)nc2ccc(C(=O)O)cc21. The summed E-state index contributed by atoms with van der Waals surface area (Å²) in [5.74, 6) is -6.98. The molecule has 0 fully saturated rings. The van der Waals surface area contributed by atoms with E-state index in [1.807, 2.05) is 0 Å². The van der Waals surface area contributed by atoms with Crippen LogP contribution >= 0.6 is 0 Å². The number of aromatic carboxylic acids is 1. The van der Waals surface area contributed by atoms with Gasteiger partial charge in [-0.3, -0.25) is 0 Å². The molecule has 0 atom stereocenters. The summed E-state index contributed by atoms with van der Waals surface area (Å²) in [6.45, 7) is -0.0724. The molecule has 0 aliphatic heterocycles. The number of imidazole rings is 1. The summed E-state index contributed by atoms with van der Waals surface area (Å²) >= 11 is 0. The molecule has 0 aliphatic carbocycles. The Labute approximate surface area is 246 Å². The Hall–Kier alpha value is -5.35. The Balaban J connectivity index is 1.46. The summed E-state index contributed by atoms with van der Waals surface area (Å²) in [5.41, 5.74) is -0.578. The summed E-state index contributed by atoms with van der Waals surface area (Å²) in [4.78, 5) is 19.6. The number of rotatable bonds is 10. The predicted molar refractivity (Wildman–Crippen MR) is 146 cm³/mol. The van der Waals surface area contributed by atoms with Crippen molar-refractivity contribution in [1.82, 2.24) is 14.5 Å². The van der Waals surface area contributed by atoms with Crippen molar-refractivity contribution in [2.75, 3.05) is 13.7 Å². The lowest BCUT2D eigenvalue weighted by Crippen LogP contribution is -2.10. The summed E-state index contributed by atoms with van der Waals surface area (Å²) in [5, 5.41) is 18.2. The minimum Gasteiger partial charge on any atom is -0.478 e. The van der Waals surface area contributed by atoms with Gasteiger partial charge >= 0.3 is 5.97 Å². The van der Waals surface area contributed by atoms with Crippen LogP contribution in [0.4, 0.5) is 22.0 Å². The van der Waals surface area contributed by atoms with E-state index >= 15 is 8.78 Å². The molecule has 2 heterocycles. The fourth-order valence-electron chi connectivity index (χ4n) is 4.57. The zero-order valence-electron chi connectivity index (χ0n) is 22.9. The van der Waals surface area contributed by atoms with Gasteiger partial charge < -0.3 is 19.1 Å². The number of fused-ring (bicyclic) bond motifs is 1. The van der Waals surface area contributed by atoms with E-state index in [0.717, 1.165) is 12.1 Å². The lowest BCUT2D eigenvalue weighted by atomic mass is 10.0. The molecule has 0 bridgehead atoms. The number of nitrogens with zero attached hydrogens (tertiary/aromatic N) is 4. The fraction of sp³-hybridized carbons (Fsp3) is 0.161. The van der Waals surface area contributed by atoms with Crippen LogP contribution in [0.2, 0.25) is 0 Å².